The molecule has 0 aliphatic carbocycles. The molecule has 0 unspecified atom stereocenters. The van der Waals surface area contributed by atoms with E-state index in [0.29, 0.717) is 29.4 Å². The smallest absolute Gasteiger partial charge is 0.326 e. The molecule has 0 radical (unpaired) electrons. The number of pyridine rings is 1. The zero-order valence-corrected chi connectivity index (χ0v) is 11.1. The van der Waals surface area contributed by atoms with Crippen molar-refractivity contribution in [2.75, 3.05) is 11.4 Å². The standard InChI is InChI=1S/C14H13N3O4/c18-14(19)13-2-1-7-16(13)11-3-4-12(17(20)21)10-8-15-6-5-9(10)11/h3-6,8,13H,1-2,7H2,(H,18,19)/t13-/m1/s1. The first-order valence-corrected chi connectivity index (χ1v) is 6.60. The second-order valence-electron chi connectivity index (χ2n) is 4.97. The monoisotopic (exact) mass is 287 g/mol. The Morgan fingerprint density at radius 1 is 1.38 bits per heavy atom. The van der Waals surface area contributed by atoms with Gasteiger partial charge in [0.1, 0.15) is 6.04 Å². The third-order valence-corrected chi connectivity index (χ3v) is 3.82. The Kier molecular flexibility index (Phi) is 3.17. The minimum atomic E-state index is -0.868. The number of carboxylic acid groups (broad SMARTS) is 1. The molecule has 1 aromatic heterocycles. The van der Waals surface area contributed by atoms with Crippen molar-refractivity contribution in [3.63, 3.8) is 0 Å². The third kappa shape index (κ3) is 2.16. The van der Waals surface area contributed by atoms with Gasteiger partial charge >= 0.3 is 5.97 Å². The quantitative estimate of drug-likeness (QED) is 0.686. The van der Waals surface area contributed by atoms with E-state index in [4.69, 9.17) is 0 Å². The molecule has 108 valence electrons. The molecule has 2 aromatic rings. The van der Waals surface area contributed by atoms with E-state index in [1.807, 2.05) is 0 Å². The molecule has 1 aliphatic rings. The number of carbonyl (C=O) groups is 1. The van der Waals surface area contributed by atoms with E-state index < -0.39 is 16.9 Å². The van der Waals surface area contributed by atoms with Gasteiger partial charge in [-0.2, -0.15) is 0 Å². The fourth-order valence-corrected chi connectivity index (χ4v) is 2.88. The van der Waals surface area contributed by atoms with E-state index in [1.165, 1.54) is 12.3 Å². The van der Waals surface area contributed by atoms with Gasteiger partial charge < -0.3 is 10.0 Å². The van der Waals surface area contributed by atoms with Crippen LogP contribution in [0.4, 0.5) is 11.4 Å². The molecule has 3 rings (SSSR count). The summed E-state index contributed by atoms with van der Waals surface area (Å²) in [7, 11) is 0. The van der Waals surface area contributed by atoms with Gasteiger partial charge in [-0.15, -0.1) is 0 Å². The number of aliphatic carboxylic acids is 1. The van der Waals surface area contributed by atoms with Crippen LogP contribution in [-0.2, 0) is 4.79 Å². The zero-order chi connectivity index (χ0) is 15.0. The van der Waals surface area contributed by atoms with Gasteiger partial charge in [0.15, 0.2) is 0 Å². The summed E-state index contributed by atoms with van der Waals surface area (Å²) in [5, 5.41) is 21.5. The second kappa shape index (κ2) is 5.01. The number of carboxylic acids is 1. The number of nitro groups is 1. The van der Waals surface area contributed by atoms with E-state index in [9.17, 15) is 20.0 Å². The highest BCUT2D eigenvalue weighted by Gasteiger charge is 2.32. The van der Waals surface area contributed by atoms with Gasteiger partial charge in [0.05, 0.1) is 10.3 Å². The highest BCUT2D eigenvalue weighted by atomic mass is 16.6. The summed E-state index contributed by atoms with van der Waals surface area (Å²) in [6, 6.07) is 4.15. The van der Waals surface area contributed by atoms with Crippen LogP contribution in [0.2, 0.25) is 0 Å². The molecule has 1 atom stereocenters. The largest absolute Gasteiger partial charge is 0.480 e. The molecule has 0 spiro atoms. The van der Waals surface area contributed by atoms with Crippen molar-refractivity contribution in [2.45, 2.75) is 18.9 Å². The summed E-state index contributed by atoms with van der Waals surface area (Å²) in [5.74, 6) is -0.868. The Bertz CT molecular complexity index is 731. The molecule has 7 heteroatoms. The molecular formula is C14H13N3O4. The number of aromatic nitrogens is 1. The molecule has 2 heterocycles. The molecule has 1 fully saturated rings. The van der Waals surface area contributed by atoms with Crippen LogP contribution in [0.15, 0.2) is 30.6 Å². The Morgan fingerprint density at radius 3 is 2.90 bits per heavy atom. The van der Waals surface area contributed by atoms with Crippen molar-refractivity contribution in [2.24, 2.45) is 0 Å². The van der Waals surface area contributed by atoms with E-state index in [2.05, 4.69) is 4.98 Å². The van der Waals surface area contributed by atoms with E-state index in [1.54, 1.807) is 23.2 Å². The van der Waals surface area contributed by atoms with Crippen LogP contribution in [0.5, 0.6) is 0 Å². The number of rotatable bonds is 3. The SMILES string of the molecule is O=C(O)[C@H]1CCCN1c1ccc([N+](=O)[O-])c2cnccc12. The summed E-state index contributed by atoms with van der Waals surface area (Å²) >= 11 is 0. The summed E-state index contributed by atoms with van der Waals surface area (Å²) in [4.78, 5) is 27.7. The lowest BCUT2D eigenvalue weighted by Crippen LogP contribution is -2.35. The van der Waals surface area contributed by atoms with Gasteiger partial charge in [-0.25, -0.2) is 4.79 Å². The van der Waals surface area contributed by atoms with Gasteiger partial charge in [-0.1, -0.05) is 0 Å². The average Bonchev–Trinajstić information content (AvgIpc) is 2.95. The second-order valence-corrected chi connectivity index (χ2v) is 4.97. The lowest BCUT2D eigenvalue weighted by atomic mass is 10.1. The maximum absolute atomic E-state index is 11.3. The van der Waals surface area contributed by atoms with Crippen molar-refractivity contribution >= 4 is 28.1 Å². The lowest BCUT2D eigenvalue weighted by Gasteiger charge is -2.25. The molecule has 1 aliphatic heterocycles. The van der Waals surface area contributed by atoms with Crippen molar-refractivity contribution < 1.29 is 14.8 Å². The normalized spacial score (nSPS) is 18.1. The van der Waals surface area contributed by atoms with E-state index in [0.717, 1.165) is 6.42 Å². The maximum Gasteiger partial charge on any atom is 0.326 e. The average molecular weight is 287 g/mol. The number of benzene rings is 1. The minimum Gasteiger partial charge on any atom is -0.480 e. The van der Waals surface area contributed by atoms with Gasteiger partial charge in [0, 0.05) is 36.1 Å². The number of hydrogen-bond donors (Lipinski definition) is 1. The predicted molar refractivity (Wildman–Crippen MR) is 76.4 cm³/mol. The Hall–Kier alpha value is -2.70. The summed E-state index contributed by atoms with van der Waals surface area (Å²) in [5.41, 5.74) is 0.691. The van der Waals surface area contributed by atoms with Crippen LogP contribution in [-0.4, -0.2) is 33.6 Å². The van der Waals surface area contributed by atoms with Crippen LogP contribution in [0.3, 0.4) is 0 Å². The van der Waals surface area contributed by atoms with Crippen molar-refractivity contribution in [1.29, 1.82) is 0 Å². The fraction of sp³-hybridized carbons (Fsp3) is 0.286. The number of fused-ring (bicyclic) bond motifs is 1. The zero-order valence-electron chi connectivity index (χ0n) is 11.1. The fourth-order valence-electron chi connectivity index (χ4n) is 2.88. The number of hydrogen-bond acceptors (Lipinski definition) is 5. The minimum absolute atomic E-state index is 0.0204. The van der Waals surface area contributed by atoms with Crippen molar-refractivity contribution in [1.82, 2.24) is 4.98 Å². The molecule has 0 amide bonds. The van der Waals surface area contributed by atoms with E-state index in [-0.39, 0.29) is 5.69 Å². The first-order valence-electron chi connectivity index (χ1n) is 6.60. The lowest BCUT2D eigenvalue weighted by molar-refractivity contribution is -0.383. The summed E-state index contributed by atoms with van der Waals surface area (Å²) < 4.78 is 0. The van der Waals surface area contributed by atoms with E-state index >= 15 is 0 Å². The van der Waals surface area contributed by atoms with Gasteiger partial charge in [-0.05, 0) is 25.0 Å². The van der Waals surface area contributed by atoms with Gasteiger partial charge in [0.25, 0.3) is 5.69 Å². The molecule has 1 N–H and O–H groups in total. The van der Waals surface area contributed by atoms with Crippen LogP contribution in [0.25, 0.3) is 10.8 Å². The Labute approximate surface area is 120 Å². The van der Waals surface area contributed by atoms with Crippen LogP contribution in [0, 0.1) is 10.1 Å². The topological polar surface area (TPSA) is 96.6 Å². The molecule has 1 aromatic carbocycles. The van der Waals surface area contributed by atoms with Gasteiger partial charge in [0.2, 0.25) is 0 Å². The number of non-ortho nitro benzene ring substituents is 1. The number of nitrogens with zero attached hydrogens (tertiary/aromatic N) is 3. The molecule has 1 saturated heterocycles. The highest BCUT2D eigenvalue weighted by molar-refractivity contribution is 6.00. The number of anilines is 1. The molecule has 0 saturated carbocycles. The molecule has 7 nitrogen and oxygen atoms in total. The summed E-state index contributed by atoms with van der Waals surface area (Å²) in [6.07, 6.45) is 4.38. The Balaban J connectivity index is 2.18. The first-order chi connectivity index (χ1) is 10.1. The molecular weight excluding hydrogens is 274 g/mol. The third-order valence-electron chi connectivity index (χ3n) is 3.82. The predicted octanol–water partition coefficient (Wildman–Crippen LogP) is 2.20. The van der Waals surface area contributed by atoms with Crippen molar-refractivity contribution in [3.05, 3.63) is 40.7 Å². The highest BCUT2D eigenvalue weighted by Crippen LogP contribution is 2.36. The van der Waals surface area contributed by atoms with Crippen LogP contribution < -0.4 is 4.90 Å². The molecule has 0 bridgehead atoms. The first kappa shape index (κ1) is 13.3. The van der Waals surface area contributed by atoms with Crippen LogP contribution >= 0.6 is 0 Å². The molecule has 21 heavy (non-hydrogen) atoms. The summed E-state index contributed by atoms with van der Waals surface area (Å²) in [6.45, 7) is 0.631. The van der Waals surface area contributed by atoms with Gasteiger partial charge in [-0.3, -0.25) is 15.1 Å². The maximum atomic E-state index is 11.3. The van der Waals surface area contributed by atoms with Crippen molar-refractivity contribution in [3.8, 4) is 0 Å². The number of nitro benzene ring substituents is 1. The Morgan fingerprint density at radius 2 is 2.19 bits per heavy atom. The van der Waals surface area contributed by atoms with Crippen LogP contribution in [0.1, 0.15) is 12.8 Å².